The molecule has 1 amide bonds. The van der Waals surface area contributed by atoms with Crippen molar-refractivity contribution in [2.75, 3.05) is 5.32 Å². The standard InChI is InChI=1S/C22H21N3O3/c1-22(2,3)28-21(27)23-15-8-9-18-14(10-15)12-19(24-18)16-11-13-6-4-5-7-17(13)25-20(16)26/h4-12,24H,1-3H3,(H,23,27)(H,25,26). The number of H-pyrrole nitrogens is 2. The quantitative estimate of drug-likeness (QED) is 0.459. The monoisotopic (exact) mass is 375 g/mol. The van der Waals surface area contributed by atoms with Crippen LogP contribution in [-0.2, 0) is 4.74 Å². The molecule has 2 heterocycles. The van der Waals surface area contributed by atoms with Gasteiger partial charge in [0.15, 0.2) is 0 Å². The van der Waals surface area contributed by atoms with Crippen LogP contribution in [-0.4, -0.2) is 21.7 Å². The average molecular weight is 375 g/mol. The van der Waals surface area contributed by atoms with Crippen molar-refractivity contribution in [1.82, 2.24) is 9.97 Å². The van der Waals surface area contributed by atoms with Gasteiger partial charge in [0.1, 0.15) is 5.60 Å². The normalized spacial score (nSPS) is 11.7. The van der Waals surface area contributed by atoms with Crippen LogP contribution in [0.4, 0.5) is 10.5 Å². The zero-order valence-electron chi connectivity index (χ0n) is 15.9. The maximum atomic E-state index is 12.5. The number of anilines is 1. The number of aromatic nitrogens is 2. The van der Waals surface area contributed by atoms with E-state index in [2.05, 4.69) is 15.3 Å². The number of aromatic amines is 2. The Bertz CT molecular complexity index is 1250. The molecular formula is C22H21N3O3. The van der Waals surface area contributed by atoms with E-state index in [0.717, 1.165) is 27.5 Å². The number of pyridine rings is 1. The van der Waals surface area contributed by atoms with Gasteiger partial charge in [-0.25, -0.2) is 4.79 Å². The minimum atomic E-state index is -0.563. The first-order chi connectivity index (χ1) is 13.3. The molecule has 142 valence electrons. The Balaban J connectivity index is 1.68. The smallest absolute Gasteiger partial charge is 0.412 e. The van der Waals surface area contributed by atoms with Crippen LogP contribution in [0.1, 0.15) is 20.8 Å². The SMILES string of the molecule is CC(C)(C)OC(=O)Nc1ccc2[nH]c(-c3cc4ccccc4[nH]c3=O)cc2c1. The number of amides is 1. The summed E-state index contributed by atoms with van der Waals surface area (Å²) >= 11 is 0. The van der Waals surface area contributed by atoms with Gasteiger partial charge in [-0.05, 0) is 62.6 Å². The number of fused-ring (bicyclic) bond motifs is 2. The van der Waals surface area contributed by atoms with E-state index in [1.165, 1.54) is 0 Å². The van der Waals surface area contributed by atoms with E-state index in [1.807, 2.05) is 69.3 Å². The molecule has 0 aliphatic carbocycles. The van der Waals surface area contributed by atoms with Gasteiger partial charge in [-0.1, -0.05) is 18.2 Å². The van der Waals surface area contributed by atoms with E-state index in [1.54, 1.807) is 6.07 Å². The fourth-order valence-electron chi connectivity index (χ4n) is 3.12. The van der Waals surface area contributed by atoms with E-state index in [4.69, 9.17) is 4.74 Å². The van der Waals surface area contributed by atoms with Gasteiger partial charge in [0.25, 0.3) is 5.56 Å². The number of ether oxygens (including phenoxy) is 1. The lowest BCUT2D eigenvalue weighted by Gasteiger charge is -2.19. The second kappa shape index (κ2) is 6.56. The van der Waals surface area contributed by atoms with Gasteiger partial charge in [0, 0.05) is 22.1 Å². The summed E-state index contributed by atoms with van der Waals surface area (Å²) in [6, 6.07) is 16.9. The molecule has 6 nitrogen and oxygen atoms in total. The summed E-state index contributed by atoms with van der Waals surface area (Å²) in [4.78, 5) is 30.7. The van der Waals surface area contributed by atoms with Crippen molar-refractivity contribution < 1.29 is 9.53 Å². The number of nitrogens with one attached hydrogen (secondary N) is 3. The summed E-state index contributed by atoms with van der Waals surface area (Å²) in [6.45, 7) is 5.44. The van der Waals surface area contributed by atoms with Crippen molar-refractivity contribution in [1.29, 1.82) is 0 Å². The molecule has 0 bridgehead atoms. The van der Waals surface area contributed by atoms with Gasteiger partial charge >= 0.3 is 6.09 Å². The minimum absolute atomic E-state index is 0.155. The summed E-state index contributed by atoms with van der Waals surface area (Å²) in [5.74, 6) is 0. The summed E-state index contributed by atoms with van der Waals surface area (Å²) < 4.78 is 5.28. The zero-order chi connectivity index (χ0) is 19.9. The highest BCUT2D eigenvalue weighted by Gasteiger charge is 2.16. The number of para-hydroxylation sites is 1. The molecule has 28 heavy (non-hydrogen) atoms. The van der Waals surface area contributed by atoms with Crippen LogP contribution >= 0.6 is 0 Å². The van der Waals surface area contributed by atoms with E-state index in [-0.39, 0.29) is 5.56 Å². The fourth-order valence-corrected chi connectivity index (χ4v) is 3.12. The van der Waals surface area contributed by atoms with Crippen LogP contribution in [0.5, 0.6) is 0 Å². The van der Waals surface area contributed by atoms with Gasteiger partial charge in [0.05, 0.1) is 11.3 Å². The number of benzene rings is 2. The van der Waals surface area contributed by atoms with E-state index >= 15 is 0 Å². The van der Waals surface area contributed by atoms with Crippen molar-refractivity contribution in [3.05, 3.63) is 65.0 Å². The van der Waals surface area contributed by atoms with E-state index < -0.39 is 11.7 Å². The lowest BCUT2D eigenvalue weighted by atomic mass is 10.1. The Morgan fingerprint density at radius 1 is 0.929 bits per heavy atom. The Morgan fingerprint density at radius 3 is 2.46 bits per heavy atom. The summed E-state index contributed by atoms with van der Waals surface area (Å²) in [5, 5.41) is 4.58. The molecule has 3 N–H and O–H groups in total. The second-order valence-electron chi connectivity index (χ2n) is 7.71. The highest BCUT2D eigenvalue weighted by Crippen LogP contribution is 2.26. The summed E-state index contributed by atoms with van der Waals surface area (Å²) in [7, 11) is 0. The van der Waals surface area contributed by atoms with Crippen molar-refractivity contribution in [2.45, 2.75) is 26.4 Å². The third kappa shape index (κ3) is 3.62. The van der Waals surface area contributed by atoms with Crippen LogP contribution in [0.3, 0.4) is 0 Å². The Hall–Kier alpha value is -3.54. The molecule has 0 atom stereocenters. The molecule has 0 fully saturated rings. The predicted molar refractivity (Wildman–Crippen MR) is 112 cm³/mol. The Morgan fingerprint density at radius 2 is 1.68 bits per heavy atom. The summed E-state index contributed by atoms with van der Waals surface area (Å²) in [5.41, 5.74) is 2.87. The molecule has 2 aromatic heterocycles. The van der Waals surface area contributed by atoms with Gasteiger partial charge < -0.3 is 14.7 Å². The van der Waals surface area contributed by atoms with Crippen molar-refractivity contribution in [2.24, 2.45) is 0 Å². The van der Waals surface area contributed by atoms with Crippen molar-refractivity contribution in [3.63, 3.8) is 0 Å². The molecular weight excluding hydrogens is 354 g/mol. The Labute approximate surface area is 161 Å². The Kier molecular flexibility index (Phi) is 4.19. The average Bonchev–Trinajstić information content (AvgIpc) is 3.02. The molecule has 4 aromatic rings. The van der Waals surface area contributed by atoms with Crippen molar-refractivity contribution >= 4 is 33.6 Å². The van der Waals surface area contributed by atoms with Crippen molar-refractivity contribution in [3.8, 4) is 11.3 Å². The number of carbonyl (C=O) groups is 1. The van der Waals surface area contributed by atoms with Crippen LogP contribution in [0.25, 0.3) is 33.1 Å². The molecule has 0 spiro atoms. The van der Waals surface area contributed by atoms with Crippen LogP contribution in [0.15, 0.2) is 59.4 Å². The maximum absolute atomic E-state index is 12.5. The fraction of sp³-hybridized carbons (Fsp3) is 0.182. The van der Waals surface area contributed by atoms with E-state index in [9.17, 15) is 9.59 Å². The molecule has 0 saturated heterocycles. The number of carbonyl (C=O) groups excluding carboxylic acids is 1. The molecule has 6 heteroatoms. The number of hydrogen-bond donors (Lipinski definition) is 3. The van der Waals surface area contributed by atoms with E-state index in [0.29, 0.717) is 11.3 Å². The number of rotatable bonds is 2. The zero-order valence-corrected chi connectivity index (χ0v) is 15.9. The third-order valence-electron chi connectivity index (χ3n) is 4.31. The van der Waals surface area contributed by atoms with Gasteiger partial charge in [-0.15, -0.1) is 0 Å². The topological polar surface area (TPSA) is 87.0 Å². The molecule has 0 aliphatic rings. The largest absolute Gasteiger partial charge is 0.444 e. The second-order valence-corrected chi connectivity index (χ2v) is 7.71. The lowest BCUT2D eigenvalue weighted by Crippen LogP contribution is -2.27. The van der Waals surface area contributed by atoms with Gasteiger partial charge in [0.2, 0.25) is 0 Å². The first-order valence-electron chi connectivity index (χ1n) is 9.04. The van der Waals surface area contributed by atoms with Gasteiger partial charge in [-0.2, -0.15) is 0 Å². The highest BCUT2D eigenvalue weighted by atomic mass is 16.6. The highest BCUT2D eigenvalue weighted by molar-refractivity contribution is 5.93. The first-order valence-corrected chi connectivity index (χ1v) is 9.04. The summed E-state index contributed by atoms with van der Waals surface area (Å²) in [6.07, 6.45) is -0.506. The number of hydrogen-bond acceptors (Lipinski definition) is 3. The van der Waals surface area contributed by atoms with Gasteiger partial charge in [-0.3, -0.25) is 10.1 Å². The molecule has 0 unspecified atom stereocenters. The molecule has 0 saturated carbocycles. The van der Waals surface area contributed by atoms with Crippen LogP contribution in [0.2, 0.25) is 0 Å². The predicted octanol–water partition coefficient (Wildman–Crippen LogP) is 5.02. The first kappa shape index (κ1) is 17.9. The molecule has 4 rings (SSSR count). The lowest BCUT2D eigenvalue weighted by molar-refractivity contribution is 0.0636. The third-order valence-corrected chi connectivity index (χ3v) is 4.31. The molecule has 2 aromatic carbocycles. The molecule has 0 radical (unpaired) electrons. The maximum Gasteiger partial charge on any atom is 0.412 e. The minimum Gasteiger partial charge on any atom is -0.444 e. The van der Waals surface area contributed by atoms with Crippen LogP contribution < -0.4 is 10.9 Å². The molecule has 0 aliphatic heterocycles. The van der Waals surface area contributed by atoms with Crippen LogP contribution in [0, 0.1) is 0 Å².